The summed E-state index contributed by atoms with van der Waals surface area (Å²) in [6.07, 6.45) is 2.60. The molecule has 2 aromatic carbocycles. The Bertz CT molecular complexity index is 885. The highest BCUT2D eigenvalue weighted by Gasteiger charge is 2.08. The maximum Gasteiger partial charge on any atom is 0.335 e. The van der Waals surface area contributed by atoms with Crippen LogP contribution in [0.1, 0.15) is 17.5 Å². The Kier molecular flexibility index (Phi) is 4.56. The third-order valence-corrected chi connectivity index (χ3v) is 3.66. The molecule has 3 rings (SSSR count). The van der Waals surface area contributed by atoms with Crippen LogP contribution in [0.5, 0.6) is 0 Å². The topological polar surface area (TPSA) is 80.5 Å². The molecule has 1 aromatic heterocycles. The molecule has 0 unspecified atom stereocenters. The van der Waals surface area contributed by atoms with Gasteiger partial charge in [-0.2, -0.15) is 0 Å². The van der Waals surface area contributed by atoms with E-state index in [0.29, 0.717) is 12.0 Å². The lowest BCUT2D eigenvalue weighted by atomic mass is 10.1. The first-order chi connectivity index (χ1) is 11.6. The van der Waals surface area contributed by atoms with Crippen LogP contribution < -0.4 is 5.73 Å². The molecule has 0 spiro atoms. The van der Waals surface area contributed by atoms with E-state index in [0.717, 1.165) is 16.5 Å². The number of para-hydroxylation sites is 1. The van der Waals surface area contributed by atoms with Gasteiger partial charge >= 0.3 is 5.97 Å². The third-order valence-electron chi connectivity index (χ3n) is 3.66. The summed E-state index contributed by atoms with van der Waals surface area (Å²) in [5.74, 6) is -0.830. The van der Waals surface area contributed by atoms with E-state index in [9.17, 15) is 9.18 Å². The van der Waals surface area contributed by atoms with Crippen LogP contribution in [0.3, 0.4) is 0 Å². The van der Waals surface area contributed by atoms with Gasteiger partial charge in [0.25, 0.3) is 0 Å². The van der Waals surface area contributed by atoms with E-state index in [2.05, 4.69) is 10.1 Å². The standard InChI is InChI=1S/C18H16FN3O2/c19-14-8-5-12(6-9-14)18(20)22-24-17(23)10-7-13-11-21-16-4-2-1-3-15(13)16/h1-6,8-9,11,21H,7,10H2,(H2,20,22). The second-order valence-corrected chi connectivity index (χ2v) is 5.31. The van der Waals surface area contributed by atoms with Crippen LogP contribution in [0, 0.1) is 5.82 Å². The lowest BCUT2D eigenvalue weighted by Gasteiger charge is -2.01. The predicted octanol–water partition coefficient (Wildman–Crippen LogP) is 3.10. The molecule has 1 heterocycles. The molecule has 0 fully saturated rings. The van der Waals surface area contributed by atoms with E-state index >= 15 is 0 Å². The molecule has 0 aliphatic heterocycles. The number of rotatable bonds is 5. The number of halogens is 1. The van der Waals surface area contributed by atoms with Gasteiger partial charge < -0.3 is 15.6 Å². The number of carbonyl (C=O) groups is 1. The zero-order valence-electron chi connectivity index (χ0n) is 12.8. The predicted molar refractivity (Wildman–Crippen MR) is 89.8 cm³/mol. The fraction of sp³-hybridized carbons (Fsp3) is 0.111. The van der Waals surface area contributed by atoms with Gasteiger partial charge in [-0.05, 0) is 42.3 Å². The third kappa shape index (κ3) is 3.60. The zero-order valence-corrected chi connectivity index (χ0v) is 12.8. The van der Waals surface area contributed by atoms with Crippen molar-refractivity contribution in [1.29, 1.82) is 0 Å². The molecule has 0 atom stereocenters. The van der Waals surface area contributed by atoms with E-state index in [1.165, 1.54) is 24.3 Å². The van der Waals surface area contributed by atoms with Crippen LogP contribution in [-0.4, -0.2) is 16.8 Å². The molecule has 5 nitrogen and oxygen atoms in total. The van der Waals surface area contributed by atoms with Crippen molar-refractivity contribution in [3.8, 4) is 0 Å². The molecule has 0 aliphatic carbocycles. The van der Waals surface area contributed by atoms with Crippen LogP contribution in [-0.2, 0) is 16.1 Å². The van der Waals surface area contributed by atoms with Crippen molar-refractivity contribution < 1.29 is 14.0 Å². The molecule has 0 saturated heterocycles. The normalized spacial score (nSPS) is 11.6. The highest BCUT2D eigenvalue weighted by atomic mass is 19.1. The maximum absolute atomic E-state index is 12.8. The number of aromatic amines is 1. The van der Waals surface area contributed by atoms with Crippen molar-refractivity contribution in [2.24, 2.45) is 10.9 Å². The van der Waals surface area contributed by atoms with E-state index in [1.54, 1.807) is 0 Å². The minimum absolute atomic E-state index is 0.0236. The molecular formula is C18H16FN3O2. The number of benzene rings is 2. The first-order valence-electron chi connectivity index (χ1n) is 7.48. The molecule has 0 amide bonds. The molecule has 122 valence electrons. The van der Waals surface area contributed by atoms with Crippen LogP contribution in [0.15, 0.2) is 59.9 Å². The number of H-pyrrole nitrogens is 1. The Morgan fingerprint density at radius 2 is 1.92 bits per heavy atom. The molecule has 3 aromatic rings. The number of aromatic nitrogens is 1. The van der Waals surface area contributed by atoms with Gasteiger partial charge in [0, 0.05) is 22.7 Å². The molecule has 0 radical (unpaired) electrons. The Hall–Kier alpha value is -3.15. The average molecular weight is 325 g/mol. The van der Waals surface area contributed by atoms with Crippen LogP contribution in [0.2, 0.25) is 0 Å². The molecule has 3 N–H and O–H groups in total. The van der Waals surface area contributed by atoms with Crippen LogP contribution in [0.25, 0.3) is 10.9 Å². The minimum Gasteiger partial charge on any atom is -0.380 e. The van der Waals surface area contributed by atoms with E-state index in [1.807, 2.05) is 30.5 Å². The summed E-state index contributed by atoms with van der Waals surface area (Å²) in [5.41, 5.74) is 8.26. The van der Waals surface area contributed by atoms with Gasteiger partial charge in [-0.25, -0.2) is 9.18 Å². The van der Waals surface area contributed by atoms with Gasteiger partial charge in [0.05, 0.1) is 6.42 Å². The highest BCUT2D eigenvalue weighted by molar-refractivity contribution is 5.97. The number of aryl methyl sites for hydroxylation is 1. The molecule has 0 saturated carbocycles. The van der Waals surface area contributed by atoms with E-state index < -0.39 is 5.97 Å². The first kappa shape index (κ1) is 15.7. The number of hydrogen-bond acceptors (Lipinski definition) is 3. The Balaban J connectivity index is 1.57. The van der Waals surface area contributed by atoms with Gasteiger partial charge in [0.15, 0.2) is 5.84 Å². The average Bonchev–Trinajstić information content (AvgIpc) is 3.01. The fourth-order valence-corrected chi connectivity index (χ4v) is 2.39. The lowest BCUT2D eigenvalue weighted by Crippen LogP contribution is -2.15. The Morgan fingerprint density at radius 3 is 2.71 bits per heavy atom. The molecule has 6 heteroatoms. The largest absolute Gasteiger partial charge is 0.380 e. The number of oxime groups is 1. The molecule has 0 aliphatic rings. The highest BCUT2D eigenvalue weighted by Crippen LogP contribution is 2.19. The number of hydrogen-bond donors (Lipinski definition) is 2. The van der Waals surface area contributed by atoms with Gasteiger partial charge in [-0.3, -0.25) is 0 Å². The number of nitrogens with one attached hydrogen (secondary N) is 1. The second kappa shape index (κ2) is 6.95. The summed E-state index contributed by atoms with van der Waals surface area (Å²) in [5, 5.41) is 4.68. The lowest BCUT2D eigenvalue weighted by molar-refractivity contribution is -0.143. The summed E-state index contributed by atoms with van der Waals surface area (Å²) >= 11 is 0. The zero-order chi connectivity index (χ0) is 16.9. The summed E-state index contributed by atoms with van der Waals surface area (Å²) < 4.78 is 12.8. The Labute approximate surface area is 137 Å². The fourth-order valence-electron chi connectivity index (χ4n) is 2.39. The quantitative estimate of drug-likeness (QED) is 0.327. The smallest absolute Gasteiger partial charge is 0.335 e. The summed E-state index contributed by atoms with van der Waals surface area (Å²) in [7, 11) is 0. The molecular weight excluding hydrogens is 309 g/mol. The first-order valence-corrected chi connectivity index (χ1v) is 7.48. The maximum atomic E-state index is 12.8. The number of nitrogens with zero attached hydrogens (tertiary/aromatic N) is 1. The second-order valence-electron chi connectivity index (χ2n) is 5.31. The minimum atomic E-state index is -0.481. The van der Waals surface area contributed by atoms with Crippen LogP contribution in [0.4, 0.5) is 4.39 Å². The molecule has 0 bridgehead atoms. The monoisotopic (exact) mass is 325 g/mol. The van der Waals surface area contributed by atoms with Crippen LogP contribution >= 0.6 is 0 Å². The summed E-state index contributed by atoms with van der Waals surface area (Å²) in [4.78, 5) is 19.8. The number of carbonyl (C=O) groups excluding carboxylic acids is 1. The number of fused-ring (bicyclic) bond motifs is 1. The van der Waals surface area contributed by atoms with Gasteiger partial charge in [0.2, 0.25) is 0 Å². The number of amidine groups is 1. The van der Waals surface area contributed by atoms with Crippen molar-refractivity contribution >= 4 is 22.7 Å². The SMILES string of the molecule is N/C(=N\OC(=O)CCc1c[nH]c2ccccc12)c1ccc(F)cc1. The van der Waals surface area contributed by atoms with E-state index in [-0.39, 0.29) is 18.1 Å². The van der Waals surface area contributed by atoms with Crippen molar-refractivity contribution in [2.75, 3.05) is 0 Å². The summed E-state index contributed by atoms with van der Waals surface area (Å²) in [6, 6.07) is 13.3. The van der Waals surface area contributed by atoms with Crippen molar-refractivity contribution in [2.45, 2.75) is 12.8 Å². The van der Waals surface area contributed by atoms with E-state index in [4.69, 9.17) is 10.6 Å². The number of nitrogens with two attached hydrogens (primary N) is 1. The molecule has 24 heavy (non-hydrogen) atoms. The van der Waals surface area contributed by atoms with Gasteiger partial charge in [0.1, 0.15) is 5.82 Å². The Morgan fingerprint density at radius 1 is 1.17 bits per heavy atom. The van der Waals surface area contributed by atoms with Crippen molar-refractivity contribution in [3.05, 3.63) is 71.7 Å². The van der Waals surface area contributed by atoms with Crippen molar-refractivity contribution in [1.82, 2.24) is 4.98 Å². The summed E-state index contributed by atoms with van der Waals surface area (Å²) in [6.45, 7) is 0. The van der Waals surface area contributed by atoms with Gasteiger partial charge in [-0.15, -0.1) is 0 Å². The van der Waals surface area contributed by atoms with Crippen molar-refractivity contribution in [3.63, 3.8) is 0 Å². The van der Waals surface area contributed by atoms with Gasteiger partial charge in [-0.1, -0.05) is 23.4 Å².